The number of benzene rings is 1. The fraction of sp³-hybridized carbons (Fsp3) is 0.450. The molecule has 0 radical (unpaired) electrons. The molecule has 28 heavy (non-hydrogen) atoms. The van der Waals surface area contributed by atoms with Crippen LogP contribution in [0.2, 0.25) is 0 Å². The first-order valence-electron chi connectivity index (χ1n) is 9.57. The molecule has 8 heteroatoms. The maximum absolute atomic E-state index is 12.4. The molecule has 3 amide bonds. The molecule has 2 aliphatic rings. The lowest BCUT2D eigenvalue weighted by Crippen LogP contribution is -2.46. The summed E-state index contributed by atoms with van der Waals surface area (Å²) in [6, 6.07) is 9.45. The van der Waals surface area contributed by atoms with Crippen molar-refractivity contribution in [2.45, 2.75) is 31.8 Å². The van der Waals surface area contributed by atoms with Crippen molar-refractivity contribution in [2.24, 2.45) is 5.41 Å². The zero-order valence-electron chi connectivity index (χ0n) is 15.6. The largest absolute Gasteiger partial charge is 0.388 e. The van der Waals surface area contributed by atoms with Crippen LogP contribution in [0.5, 0.6) is 0 Å². The molecular weight excluding hydrogens is 376 g/mol. The molecule has 2 aromatic rings. The SMILES string of the molecule is O=C(Cc1csc(N2CCCNC2=O)n1)NCC1([C@@H](O)c2ccccc2)CC1. The molecule has 1 aliphatic heterocycles. The molecule has 1 saturated heterocycles. The lowest BCUT2D eigenvalue weighted by molar-refractivity contribution is -0.121. The van der Waals surface area contributed by atoms with Crippen molar-refractivity contribution >= 4 is 28.4 Å². The number of aliphatic hydroxyl groups excluding tert-OH is 1. The molecule has 148 valence electrons. The van der Waals surface area contributed by atoms with Crippen molar-refractivity contribution < 1.29 is 14.7 Å². The highest BCUT2D eigenvalue weighted by Gasteiger charge is 2.49. The molecule has 4 rings (SSSR count). The van der Waals surface area contributed by atoms with Crippen LogP contribution in [-0.4, -0.2) is 41.7 Å². The number of nitrogens with zero attached hydrogens (tertiary/aromatic N) is 2. The van der Waals surface area contributed by atoms with Gasteiger partial charge in [-0.05, 0) is 24.8 Å². The van der Waals surface area contributed by atoms with Crippen LogP contribution >= 0.6 is 11.3 Å². The Bertz CT molecular complexity index is 850. The molecule has 1 aliphatic carbocycles. The number of carbonyl (C=O) groups is 2. The van der Waals surface area contributed by atoms with Crippen molar-refractivity contribution in [1.29, 1.82) is 0 Å². The number of carbonyl (C=O) groups excluding carboxylic acids is 2. The number of hydrogen-bond acceptors (Lipinski definition) is 5. The summed E-state index contributed by atoms with van der Waals surface area (Å²) in [6.07, 6.45) is 2.27. The van der Waals surface area contributed by atoms with E-state index in [9.17, 15) is 14.7 Å². The molecule has 0 spiro atoms. The minimum atomic E-state index is -0.572. The van der Waals surface area contributed by atoms with Crippen molar-refractivity contribution in [3.63, 3.8) is 0 Å². The van der Waals surface area contributed by atoms with E-state index in [1.54, 1.807) is 4.90 Å². The number of urea groups is 1. The molecule has 3 N–H and O–H groups in total. The Labute approximate surface area is 167 Å². The molecule has 0 bridgehead atoms. The van der Waals surface area contributed by atoms with Gasteiger partial charge in [-0.3, -0.25) is 9.69 Å². The number of amides is 3. The summed E-state index contributed by atoms with van der Waals surface area (Å²) in [5.41, 5.74) is 1.28. The Balaban J connectivity index is 1.31. The van der Waals surface area contributed by atoms with E-state index in [1.807, 2.05) is 35.7 Å². The van der Waals surface area contributed by atoms with Gasteiger partial charge in [0.1, 0.15) is 0 Å². The van der Waals surface area contributed by atoms with Crippen LogP contribution in [0.3, 0.4) is 0 Å². The number of rotatable bonds is 7. The minimum Gasteiger partial charge on any atom is -0.388 e. The van der Waals surface area contributed by atoms with Gasteiger partial charge in [-0.1, -0.05) is 30.3 Å². The average Bonchev–Trinajstić information content (AvgIpc) is 3.38. The number of nitrogens with one attached hydrogen (secondary N) is 2. The molecule has 2 fully saturated rings. The lowest BCUT2D eigenvalue weighted by Gasteiger charge is -2.24. The highest BCUT2D eigenvalue weighted by molar-refractivity contribution is 7.14. The molecule has 2 heterocycles. The standard InChI is InChI=1S/C20H24N4O3S/c25-16(11-15-12-28-19(23-15)24-10-4-9-21-18(24)27)22-13-20(7-8-20)17(26)14-5-2-1-3-6-14/h1-3,5-6,12,17,26H,4,7-11,13H2,(H,21,27)(H,22,25)/t17-/m0/s1. The van der Waals surface area contributed by atoms with Gasteiger partial charge in [-0.25, -0.2) is 9.78 Å². The summed E-state index contributed by atoms with van der Waals surface area (Å²) in [7, 11) is 0. The quantitative estimate of drug-likeness (QED) is 0.664. The van der Waals surface area contributed by atoms with E-state index >= 15 is 0 Å². The van der Waals surface area contributed by atoms with Gasteiger partial charge in [0.15, 0.2) is 5.13 Å². The van der Waals surface area contributed by atoms with Gasteiger partial charge < -0.3 is 15.7 Å². The summed E-state index contributed by atoms with van der Waals surface area (Å²) in [4.78, 5) is 30.3. The first-order valence-corrected chi connectivity index (χ1v) is 10.4. The topological polar surface area (TPSA) is 94.6 Å². The Morgan fingerprint density at radius 3 is 2.86 bits per heavy atom. The summed E-state index contributed by atoms with van der Waals surface area (Å²) in [5, 5.41) is 18.9. The predicted octanol–water partition coefficient (Wildman–Crippen LogP) is 2.24. The maximum atomic E-state index is 12.4. The van der Waals surface area contributed by atoms with Gasteiger partial charge in [0.05, 0.1) is 18.2 Å². The zero-order chi connectivity index (χ0) is 19.6. The monoisotopic (exact) mass is 400 g/mol. The Morgan fingerprint density at radius 1 is 1.36 bits per heavy atom. The second-order valence-electron chi connectivity index (χ2n) is 7.49. The molecular formula is C20H24N4O3S. The van der Waals surface area contributed by atoms with Crippen molar-refractivity contribution in [2.75, 3.05) is 24.5 Å². The Hall–Kier alpha value is -2.45. The second kappa shape index (κ2) is 7.89. The van der Waals surface area contributed by atoms with Gasteiger partial charge in [0, 0.05) is 30.4 Å². The van der Waals surface area contributed by atoms with Crippen LogP contribution < -0.4 is 15.5 Å². The fourth-order valence-electron chi connectivity index (χ4n) is 3.51. The first-order chi connectivity index (χ1) is 13.6. The van der Waals surface area contributed by atoms with Crippen molar-refractivity contribution in [1.82, 2.24) is 15.6 Å². The summed E-state index contributed by atoms with van der Waals surface area (Å²) in [5.74, 6) is -0.119. The molecule has 7 nitrogen and oxygen atoms in total. The number of thiazole rings is 1. The Morgan fingerprint density at radius 2 is 2.14 bits per heavy atom. The predicted molar refractivity (Wildman–Crippen MR) is 107 cm³/mol. The third kappa shape index (κ3) is 4.02. The summed E-state index contributed by atoms with van der Waals surface area (Å²) < 4.78 is 0. The summed E-state index contributed by atoms with van der Waals surface area (Å²) >= 11 is 1.37. The molecule has 1 aromatic heterocycles. The van der Waals surface area contributed by atoms with Crippen LogP contribution in [0.15, 0.2) is 35.7 Å². The van der Waals surface area contributed by atoms with Crippen LogP contribution in [-0.2, 0) is 11.2 Å². The van der Waals surface area contributed by atoms with E-state index in [1.165, 1.54) is 11.3 Å². The lowest BCUT2D eigenvalue weighted by atomic mass is 9.92. The van der Waals surface area contributed by atoms with E-state index in [2.05, 4.69) is 15.6 Å². The van der Waals surface area contributed by atoms with Gasteiger partial charge in [-0.15, -0.1) is 11.3 Å². The molecule has 0 unspecified atom stereocenters. The van der Waals surface area contributed by atoms with Crippen molar-refractivity contribution in [3.8, 4) is 0 Å². The smallest absolute Gasteiger partial charge is 0.323 e. The number of aliphatic hydroxyl groups is 1. The molecule has 1 saturated carbocycles. The van der Waals surface area contributed by atoms with Crippen LogP contribution in [0.1, 0.15) is 36.6 Å². The number of hydrogen-bond donors (Lipinski definition) is 3. The van der Waals surface area contributed by atoms with Gasteiger partial charge >= 0.3 is 6.03 Å². The van der Waals surface area contributed by atoms with E-state index < -0.39 is 6.10 Å². The highest BCUT2D eigenvalue weighted by Crippen LogP contribution is 2.54. The van der Waals surface area contributed by atoms with E-state index in [0.29, 0.717) is 30.5 Å². The maximum Gasteiger partial charge on any atom is 0.323 e. The second-order valence-corrected chi connectivity index (χ2v) is 8.32. The summed E-state index contributed by atoms with van der Waals surface area (Å²) in [6.45, 7) is 1.78. The highest BCUT2D eigenvalue weighted by atomic mass is 32.1. The van der Waals surface area contributed by atoms with Gasteiger partial charge in [-0.2, -0.15) is 0 Å². The van der Waals surface area contributed by atoms with E-state index in [4.69, 9.17) is 0 Å². The molecule has 1 aromatic carbocycles. The Kier molecular flexibility index (Phi) is 5.32. The van der Waals surface area contributed by atoms with Crippen molar-refractivity contribution in [3.05, 3.63) is 47.0 Å². The third-order valence-corrected chi connectivity index (χ3v) is 6.33. The average molecular weight is 401 g/mol. The van der Waals surface area contributed by atoms with Gasteiger partial charge in [0.25, 0.3) is 0 Å². The number of aromatic nitrogens is 1. The fourth-order valence-corrected chi connectivity index (χ4v) is 4.36. The van der Waals surface area contributed by atoms with E-state index in [-0.39, 0.29) is 23.8 Å². The number of anilines is 1. The van der Waals surface area contributed by atoms with E-state index in [0.717, 1.165) is 24.8 Å². The third-order valence-electron chi connectivity index (χ3n) is 5.42. The van der Waals surface area contributed by atoms with Crippen LogP contribution in [0, 0.1) is 5.41 Å². The minimum absolute atomic E-state index is 0.119. The zero-order valence-corrected chi connectivity index (χ0v) is 16.4. The van der Waals surface area contributed by atoms with Crippen LogP contribution in [0.25, 0.3) is 0 Å². The molecule has 1 atom stereocenters. The first kappa shape index (κ1) is 18.9. The van der Waals surface area contributed by atoms with Gasteiger partial charge in [0.2, 0.25) is 5.91 Å². The van der Waals surface area contributed by atoms with Crippen LogP contribution in [0.4, 0.5) is 9.93 Å². The normalized spacial score (nSPS) is 19.0.